The Morgan fingerprint density at radius 2 is 2.14 bits per heavy atom. The van der Waals surface area contributed by atoms with E-state index in [1.165, 1.54) is 0 Å². The van der Waals surface area contributed by atoms with Gasteiger partial charge in [0.1, 0.15) is 5.52 Å². The fraction of sp³-hybridized carbons (Fsp3) is 0.467. The van der Waals surface area contributed by atoms with Gasteiger partial charge in [0.15, 0.2) is 5.58 Å². The highest BCUT2D eigenvalue weighted by Crippen LogP contribution is 2.23. The predicted octanol–water partition coefficient (Wildman–Crippen LogP) is 2.03. The summed E-state index contributed by atoms with van der Waals surface area (Å²) < 4.78 is 5.56. The van der Waals surface area contributed by atoms with E-state index in [1.807, 2.05) is 27.9 Å². The lowest BCUT2D eigenvalue weighted by Crippen LogP contribution is -2.40. The van der Waals surface area contributed by atoms with E-state index in [4.69, 9.17) is 9.52 Å². The standard InChI is InChI=1S/C15H22N4O3/c1-9(8-20)10(2)16-14(21)17-11-5-6-13-12(7-11)18-15(22-13)19(3)4/h5-7,9-10,20H,8H2,1-4H3,(H2,16,17,21). The monoisotopic (exact) mass is 306 g/mol. The summed E-state index contributed by atoms with van der Waals surface area (Å²) in [5.74, 6) is -0.00794. The molecule has 0 aliphatic rings. The summed E-state index contributed by atoms with van der Waals surface area (Å²) in [5, 5.41) is 14.6. The normalized spacial score (nSPS) is 13.7. The Labute approximate surface area is 129 Å². The number of benzene rings is 1. The van der Waals surface area contributed by atoms with Gasteiger partial charge in [0.05, 0.1) is 0 Å². The second-order valence-electron chi connectivity index (χ2n) is 5.62. The Balaban J connectivity index is 2.06. The van der Waals surface area contributed by atoms with Crippen LogP contribution >= 0.6 is 0 Å². The third kappa shape index (κ3) is 3.67. The fourth-order valence-corrected chi connectivity index (χ4v) is 1.86. The average Bonchev–Trinajstić information content (AvgIpc) is 2.89. The number of hydrogen-bond donors (Lipinski definition) is 3. The predicted molar refractivity (Wildman–Crippen MR) is 86.2 cm³/mol. The number of aromatic nitrogens is 1. The summed E-state index contributed by atoms with van der Waals surface area (Å²) >= 11 is 0. The summed E-state index contributed by atoms with van der Waals surface area (Å²) in [7, 11) is 3.70. The van der Waals surface area contributed by atoms with Gasteiger partial charge in [-0.15, -0.1) is 0 Å². The summed E-state index contributed by atoms with van der Waals surface area (Å²) in [6.07, 6.45) is 0. The van der Waals surface area contributed by atoms with E-state index in [-0.39, 0.29) is 24.6 Å². The Kier molecular flexibility index (Phi) is 4.87. The number of urea groups is 1. The van der Waals surface area contributed by atoms with E-state index in [1.54, 1.807) is 23.1 Å². The minimum Gasteiger partial charge on any atom is -0.423 e. The smallest absolute Gasteiger partial charge is 0.319 e. The number of carbonyl (C=O) groups excluding carboxylic acids is 1. The molecule has 2 aromatic rings. The lowest BCUT2D eigenvalue weighted by Gasteiger charge is -2.19. The molecule has 120 valence electrons. The van der Waals surface area contributed by atoms with Crippen molar-refractivity contribution < 1.29 is 14.3 Å². The summed E-state index contributed by atoms with van der Waals surface area (Å²) in [4.78, 5) is 18.0. The molecule has 0 bridgehead atoms. The Bertz CT molecular complexity index is 653. The van der Waals surface area contributed by atoms with Gasteiger partial charge in [-0.1, -0.05) is 6.92 Å². The Morgan fingerprint density at radius 1 is 1.41 bits per heavy atom. The number of oxazole rings is 1. The van der Waals surface area contributed by atoms with E-state index in [9.17, 15) is 4.79 Å². The molecular weight excluding hydrogens is 284 g/mol. The minimum absolute atomic E-state index is 0.00794. The number of amides is 2. The zero-order valence-electron chi connectivity index (χ0n) is 13.3. The zero-order valence-corrected chi connectivity index (χ0v) is 13.3. The SMILES string of the molecule is CC(CO)C(C)NC(=O)Nc1ccc2oc(N(C)C)nc2c1. The summed E-state index contributed by atoms with van der Waals surface area (Å²) in [6, 6.07) is 5.36. The van der Waals surface area contributed by atoms with Crippen molar-refractivity contribution >= 4 is 28.8 Å². The van der Waals surface area contributed by atoms with Crippen molar-refractivity contribution in [3.8, 4) is 0 Å². The molecule has 0 aliphatic carbocycles. The van der Waals surface area contributed by atoms with Crippen LogP contribution < -0.4 is 15.5 Å². The first kappa shape index (κ1) is 16.1. The van der Waals surface area contributed by atoms with Crippen molar-refractivity contribution in [3.05, 3.63) is 18.2 Å². The lowest BCUT2D eigenvalue weighted by atomic mass is 10.1. The van der Waals surface area contributed by atoms with Crippen LogP contribution in [0.3, 0.4) is 0 Å². The molecule has 1 aromatic heterocycles. The molecule has 3 N–H and O–H groups in total. The third-order valence-electron chi connectivity index (χ3n) is 3.52. The maximum Gasteiger partial charge on any atom is 0.319 e. The van der Waals surface area contributed by atoms with Gasteiger partial charge in [-0.3, -0.25) is 0 Å². The molecule has 2 unspecified atom stereocenters. The van der Waals surface area contributed by atoms with E-state index in [0.717, 1.165) is 0 Å². The van der Waals surface area contributed by atoms with Gasteiger partial charge in [-0.2, -0.15) is 4.98 Å². The molecule has 0 radical (unpaired) electrons. The van der Waals surface area contributed by atoms with Crippen molar-refractivity contribution in [2.75, 3.05) is 30.9 Å². The molecule has 2 amide bonds. The van der Waals surface area contributed by atoms with Gasteiger partial charge in [0, 0.05) is 32.4 Å². The van der Waals surface area contributed by atoms with Crippen LogP contribution in [-0.2, 0) is 0 Å². The Hall–Kier alpha value is -2.28. The molecule has 7 nitrogen and oxygen atoms in total. The molecule has 0 fully saturated rings. The molecule has 0 saturated carbocycles. The van der Waals surface area contributed by atoms with Crippen LogP contribution in [0.4, 0.5) is 16.5 Å². The molecule has 22 heavy (non-hydrogen) atoms. The number of nitrogens with one attached hydrogen (secondary N) is 2. The first-order chi connectivity index (χ1) is 10.4. The van der Waals surface area contributed by atoms with Crippen LogP contribution in [0.1, 0.15) is 13.8 Å². The lowest BCUT2D eigenvalue weighted by molar-refractivity contribution is 0.204. The van der Waals surface area contributed by atoms with E-state index < -0.39 is 0 Å². The number of carbonyl (C=O) groups is 1. The van der Waals surface area contributed by atoms with Gasteiger partial charge in [0.2, 0.25) is 0 Å². The van der Waals surface area contributed by atoms with E-state index in [0.29, 0.717) is 22.8 Å². The van der Waals surface area contributed by atoms with Gasteiger partial charge < -0.3 is 25.1 Å². The number of aliphatic hydroxyl groups excluding tert-OH is 1. The number of anilines is 2. The molecule has 2 rings (SSSR count). The summed E-state index contributed by atoms with van der Waals surface area (Å²) in [6.45, 7) is 3.75. The van der Waals surface area contributed by atoms with Gasteiger partial charge in [0.25, 0.3) is 6.01 Å². The topological polar surface area (TPSA) is 90.6 Å². The van der Waals surface area contributed by atoms with Crippen molar-refractivity contribution in [2.45, 2.75) is 19.9 Å². The van der Waals surface area contributed by atoms with Crippen LogP contribution in [0, 0.1) is 5.92 Å². The number of rotatable bonds is 5. The number of nitrogens with zero attached hydrogens (tertiary/aromatic N) is 2. The van der Waals surface area contributed by atoms with Crippen LogP contribution in [0.5, 0.6) is 0 Å². The van der Waals surface area contributed by atoms with Crippen LogP contribution in [0.2, 0.25) is 0 Å². The highest BCUT2D eigenvalue weighted by atomic mass is 16.4. The highest BCUT2D eigenvalue weighted by Gasteiger charge is 2.14. The van der Waals surface area contributed by atoms with Crippen molar-refractivity contribution in [2.24, 2.45) is 5.92 Å². The van der Waals surface area contributed by atoms with Crippen molar-refractivity contribution in [1.29, 1.82) is 0 Å². The van der Waals surface area contributed by atoms with Crippen LogP contribution in [-0.4, -0.2) is 42.9 Å². The second kappa shape index (κ2) is 6.65. The quantitative estimate of drug-likeness (QED) is 0.786. The first-order valence-corrected chi connectivity index (χ1v) is 7.17. The average molecular weight is 306 g/mol. The zero-order chi connectivity index (χ0) is 16.3. The maximum absolute atomic E-state index is 11.9. The van der Waals surface area contributed by atoms with Crippen LogP contribution in [0.15, 0.2) is 22.6 Å². The van der Waals surface area contributed by atoms with Crippen molar-refractivity contribution in [1.82, 2.24) is 10.3 Å². The molecule has 2 atom stereocenters. The molecule has 0 saturated heterocycles. The first-order valence-electron chi connectivity index (χ1n) is 7.17. The highest BCUT2D eigenvalue weighted by molar-refractivity contribution is 5.91. The van der Waals surface area contributed by atoms with Gasteiger partial charge in [-0.25, -0.2) is 4.79 Å². The van der Waals surface area contributed by atoms with Crippen molar-refractivity contribution in [3.63, 3.8) is 0 Å². The minimum atomic E-state index is -0.316. The molecule has 1 aromatic carbocycles. The summed E-state index contributed by atoms with van der Waals surface area (Å²) in [5.41, 5.74) is 1.97. The van der Waals surface area contributed by atoms with E-state index in [2.05, 4.69) is 15.6 Å². The fourth-order valence-electron chi connectivity index (χ4n) is 1.86. The second-order valence-corrected chi connectivity index (χ2v) is 5.62. The number of hydrogen-bond acceptors (Lipinski definition) is 5. The maximum atomic E-state index is 11.9. The third-order valence-corrected chi connectivity index (χ3v) is 3.52. The van der Waals surface area contributed by atoms with Gasteiger partial charge >= 0.3 is 6.03 Å². The molecular formula is C15H22N4O3. The molecule has 1 heterocycles. The largest absolute Gasteiger partial charge is 0.423 e. The number of fused-ring (bicyclic) bond motifs is 1. The van der Waals surface area contributed by atoms with Gasteiger partial charge in [-0.05, 0) is 31.0 Å². The molecule has 0 aliphatic heterocycles. The number of aliphatic hydroxyl groups is 1. The molecule has 0 spiro atoms. The van der Waals surface area contributed by atoms with Crippen LogP contribution in [0.25, 0.3) is 11.1 Å². The Morgan fingerprint density at radius 3 is 2.77 bits per heavy atom. The molecule has 7 heteroatoms. The van der Waals surface area contributed by atoms with E-state index >= 15 is 0 Å².